The Morgan fingerprint density at radius 2 is 1.96 bits per heavy atom. The smallest absolute Gasteiger partial charge is 0.190 e. The highest BCUT2D eigenvalue weighted by molar-refractivity contribution is 7.98. The van der Waals surface area contributed by atoms with Crippen molar-refractivity contribution in [2.75, 3.05) is 25.6 Å². The van der Waals surface area contributed by atoms with Gasteiger partial charge in [0.15, 0.2) is 16.7 Å². The van der Waals surface area contributed by atoms with Crippen LogP contribution in [0.1, 0.15) is 16.3 Å². The molecular formula is C19H23N4O2PS2. The Hall–Kier alpha value is -1.89. The lowest BCUT2D eigenvalue weighted by molar-refractivity contribution is 0.313. The Bertz CT molecular complexity index is 945. The van der Waals surface area contributed by atoms with Gasteiger partial charge in [-0.05, 0) is 38.2 Å². The second kappa shape index (κ2) is 9.54. The zero-order chi connectivity index (χ0) is 20.1. The van der Waals surface area contributed by atoms with Crippen molar-refractivity contribution in [1.82, 2.24) is 15.0 Å². The Morgan fingerprint density at radius 3 is 2.68 bits per heavy atom. The molecule has 0 aliphatic rings. The van der Waals surface area contributed by atoms with E-state index >= 15 is 0 Å². The molecule has 0 spiro atoms. The SMILES string of the molecule is COc1ccc(-c2nc(CSc3nc(C)cc(N)n3)c(C)s2)cc1OCCP. The summed E-state index contributed by atoms with van der Waals surface area (Å²) >= 11 is 3.20. The number of hydrogen-bond acceptors (Lipinski definition) is 8. The minimum absolute atomic E-state index is 0.488. The molecule has 0 aliphatic carbocycles. The van der Waals surface area contributed by atoms with E-state index < -0.39 is 0 Å². The third-order valence-electron chi connectivity index (χ3n) is 3.87. The van der Waals surface area contributed by atoms with E-state index in [-0.39, 0.29) is 0 Å². The molecule has 0 aliphatic heterocycles. The second-order valence-electron chi connectivity index (χ2n) is 6.03. The average molecular weight is 435 g/mol. The number of hydrogen-bond donors (Lipinski definition) is 1. The van der Waals surface area contributed by atoms with Crippen LogP contribution >= 0.6 is 32.3 Å². The number of nitrogens with two attached hydrogens (primary N) is 1. The molecule has 9 heteroatoms. The number of rotatable bonds is 8. The van der Waals surface area contributed by atoms with Crippen molar-refractivity contribution in [2.24, 2.45) is 0 Å². The number of ether oxygens (including phenoxy) is 2. The van der Waals surface area contributed by atoms with Gasteiger partial charge in [0, 0.05) is 28.0 Å². The van der Waals surface area contributed by atoms with Gasteiger partial charge in [-0.3, -0.25) is 0 Å². The van der Waals surface area contributed by atoms with Crippen molar-refractivity contribution in [3.8, 4) is 22.1 Å². The minimum atomic E-state index is 0.488. The van der Waals surface area contributed by atoms with Crippen molar-refractivity contribution in [2.45, 2.75) is 24.8 Å². The number of anilines is 1. The fourth-order valence-corrected chi connectivity index (χ4v) is 4.60. The summed E-state index contributed by atoms with van der Waals surface area (Å²) in [5.41, 5.74) is 8.71. The van der Waals surface area contributed by atoms with Gasteiger partial charge in [0.1, 0.15) is 10.8 Å². The van der Waals surface area contributed by atoms with Crippen LogP contribution in [0.2, 0.25) is 0 Å². The molecule has 2 aromatic heterocycles. The van der Waals surface area contributed by atoms with Gasteiger partial charge in [-0.15, -0.1) is 20.6 Å². The minimum Gasteiger partial charge on any atom is -0.493 e. The van der Waals surface area contributed by atoms with Crippen LogP contribution in [0.25, 0.3) is 10.6 Å². The zero-order valence-corrected chi connectivity index (χ0v) is 18.8. The van der Waals surface area contributed by atoms with Gasteiger partial charge < -0.3 is 15.2 Å². The van der Waals surface area contributed by atoms with Gasteiger partial charge in [0.2, 0.25) is 0 Å². The molecule has 1 unspecified atom stereocenters. The highest BCUT2D eigenvalue weighted by Crippen LogP contribution is 2.36. The maximum Gasteiger partial charge on any atom is 0.190 e. The lowest BCUT2D eigenvalue weighted by atomic mass is 10.2. The fraction of sp³-hybridized carbons (Fsp3) is 0.316. The number of aryl methyl sites for hydroxylation is 2. The van der Waals surface area contributed by atoms with Crippen LogP contribution in [-0.4, -0.2) is 34.8 Å². The van der Waals surface area contributed by atoms with Crippen LogP contribution < -0.4 is 15.2 Å². The molecule has 28 heavy (non-hydrogen) atoms. The van der Waals surface area contributed by atoms with E-state index in [1.807, 2.05) is 25.1 Å². The fourth-order valence-electron chi connectivity index (χ4n) is 2.54. The average Bonchev–Trinajstić information content (AvgIpc) is 3.04. The number of methoxy groups -OCH3 is 1. The molecule has 148 valence electrons. The van der Waals surface area contributed by atoms with Crippen LogP contribution in [0.3, 0.4) is 0 Å². The molecule has 6 nitrogen and oxygen atoms in total. The number of thiazole rings is 1. The summed E-state index contributed by atoms with van der Waals surface area (Å²) in [4.78, 5) is 14.7. The zero-order valence-electron chi connectivity index (χ0n) is 16.1. The molecule has 0 saturated carbocycles. The summed E-state index contributed by atoms with van der Waals surface area (Å²) in [6, 6.07) is 7.67. The Labute approximate surface area is 175 Å². The normalized spacial score (nSPS) is 10.9. The topological polar surface area (TPSA) is 83.2 Å². The standard InChI is InChI=1S/C19H23N4O2PS2/c1-11-8-17(20)23-19(21-11)27-10-14-12(2)28-18(22-14)13-4-5-15(24-3)16(9-13)25-6-7-26/h4-5,8-9H,6-7,10,26H2,1-3H3,(H2,20,21,23). The van der Waals surface area contributed by atoms with E-state index in [1.54, 1.807) is 24.5 Å². The van der Waals surface area contributed by atoms with Crippen LogP contribution in [0.4, 0.5) is 5.82 Å². The van der Waals surface area contributed by atoms with Crippen LogP contribution in [0.5, 0.6) is 11.5 Å². The van der Waals surface area contributed by atoms with Gasteiger partial charge >= 0.3 is 0 Å². The molecule has 3 rings (SSSR count). The van der Waals surface area contributed by atoms with Crippen molar-refractivity contribution in [3.05, 3.63) is 40.5 Å². The highest BCUT2D eigenvalue weighted by Gasteiger charge is 2.14. The van der Waals surface area contributed by atoms with Crippen LogP contribution in [0.15, 0.2) is 29.4 Å². The molecule has 2 N–H and O–H groups in total. The number of nitrogens with zero attached hydrogens (tertiary/aromatic N) is 3. The summed E-state index contributed by atoms with van der Waals surface area (Å²) < 4.78 is 11.2. The van der Waals surface area contributed by atoms with Crippen LogP contribution in [-0.2, 0) is 5.75 Å². The van der Waals surface area contributed by atoms with Crippen molar-refractivity contribution >= 4 is 38.2 Å². The Morgan fingerprint density at radius 1 is 1.14 bits per heavy atom. The maximum absolute atomic E-state index is 5.81. The largest absolute Gasteiger partial charge is 0.493 e. The van der Waals surface area contributed by atoms with E-state index in [9.17, 15) is 0 Å². The van der Waals surface area contributed by atoms with Gasteiger partial charge in [-0.25, -0.2) is 15.0 Å². The third kappa shape index (κ3) is 5.13. The summed E-state index contributed by atoms with van der Waals surface area (Å²) in [5, 5.41) is 1.63. The van der Waals surface area contributed by atoms with E-state index in [0.717, 1.165) is 39.6 Å². The predicted molar refractivity (Wildman–Crippen MR) is 120 cm³/mol. The van der Waals surface area contributed by atoms with Gasteiger partial charge in [0.25, 0.3) is 0 Å². The molecule has 0 fully saturated rings. The molecule has 0 saturated heterocycles. The molecule has 0 bridgehead atoms. The molecular weight excluding hydrogens is 411 g/mol. The molecule has 1 aromatic carbocycles. The first kappa shape index (κ1) is 20.8. The Balaban J connectivity index is 1.79. The Kier molecular flexibility index (Phi) is 7.10. The summed E-state index contributed by atoms with van der Waals surface area (Å²) in [7, 11) is 4.30. The van der Waals surface area contributed by atoms with E-state index in [1.165, 1.54) is 16.6 Å². The van der Waals surface area contributed by atoms with Crippen molar-refractivity contribution < 1.29 is 9.47 Å². The van der Waals surface area contributed by atoms with Crippen molar-refractivity contribution in [3.63, 3.8) is 0 Å². The first-order chi connectivity index (χ1) is 13.5. The summed E-state index contributed by atoms with van der Waals surface area (Å²) in [6.07, 6.45) is 0.858. The van der Waals surface area contributed by atoms with Gasteiger partial charge in [0.05, 0.1) is 19.4 Å². The second-order valence-corrected chi connectivity index (χ2v) is 8.75. The number of aromatic nitrogens is 3. The molecule has 0 radical (unpaired) electrons. The monoisotopic (exact) mass is 434 g/mol. The first-order valence-corrected chi connectivity index (χ1v) is 11.3. The number of benzene rings is 1. The molecule has 1 atom stereocenters. The molecule has 2 heterocycles. The lowest BCUT2D eigenvalue weighted by Gasteiger charge is -2.10. The first-order valence-electron chi connectivity index (χ1n) is 8.71. The molecule has 3 aromatic rings. The van der Waals surface area contributed by atoms with Crippen LogP contribution in [0, 0.1) is 13.8 Å². The van der Waals surface area contributed by atoms with E-state index in [2.05, 4.69) is 26.1 Å². The third-order valence-corrected chi connectivity index (χ3v) is 6.03. The van der Waals surface area contributed by atoms with Gasteiger partial charge in [-0.2, -0.15) is 0 Å². The summed E-state index contributed by atoms with van der Waals surface area (Å²) in [6.45, 7) is 4.61. The predicted octanol–water partition coefficient (Wildman–Crippen LogP) is 4.35. The van der Waals surface area contributed by atoms with E-state index in [4.69, 9.17) is 20.2 Å². The van der Waals surface area contributed by atoms with E-state index in [0.29, 0.717) is 23.3 Å². The quantitative estimate of drug-likeness (QED) is 0.320. The van der Waals surface area contributed by atoms with Crippen molar-refractivity contribution in [1.29, 1.82) is 0 Å². The maximum atomic E-state index is 5.81. The molecule has 0 amide bonds. The number of thioether (sulfide) groups is 1. The lowest BCUT2D eigenvalue weighted by Crippen LogP contribution is -2.00. The highest BCUT2D eigenvalue weighted by atomic mass is 32.2. The summed E-state index contributed by atoms with van der Waals surface area (Å²) in [5.74, 6) is 2.63. The number of nitrogen functional groups attached to an aromatic ring is 1. The van der Waals surface area contributed by atoms with Gasteiger partial charge in [-0.1, -0.05) is 11.8 Å².